The maximum absolute atomic E-state index is 12.6. The molecule has 2 heterocycles. The number of benzene rings is 1. The molecule has 1 aromatic heterocycles. The molecule has 1 aliphatic heterocycles. The summed E-state index contributed by atoms with van der Waals surface area (Å²) in [5.74, 6) is -0.650. The minimum atomic E-state index is -0.517. The number of ketones is 1. The van der Waals surface area contributed by atoms with Crippen molar-refractivity contribution < 1.29 is 14.4 Å². The van der Waals surface area contributed by atoms with Gasteiger partial charge in [0.25, 0.3) is 0 Å². The molecule has 0 radical (unpaired) electrons. The number of aromatic nitrogens is 1. The Morgan fingerprint density at radius 3 is 2.70 bits per heavy atom. The van der Waals surface area contributed by atoms with Crippen LogP contribution in [0.2, 0.25) is 0 Å². The smallest absolute Gasteiger partial charge is 0.243 e. The van der Waals surface area contributed by atoms with Crippen LogP contribution in [0.1, 0.15) is 30.1 Å². The van der Waals surface area contributed by atoms with Gasteiger partial charge in [-0.1, -0.05) is 18.2 Å². The van der Waals surface area contributed by atoms with E-state index in [-0.39, 0.29) is 18.2 Å². The highest BCUT2D eigenvalue weighted by molar-refractivity contribution is 6.07. The fraction of sp³-hybridized carbons (Fsp3) is 0.353. The molecule has 1 aliphatic rings. The quantitative estimate of drug-likeness (QED) is 0.864. The van der Waals surface area contributed by atoms with Crippen LogP contribution in [0.5, 0.6) is 0 Å². The molecule has 2 aromatic rings. The van der Waals surface area contributed by atoms with E-state index in [4.69, 9.17) is 5.73 Å². The lowest BCUT2D eigenvalue weighted by Gasteiger charge is -2.22. The van der Waals surface area contributed by atoms with E-state index >= 15 is 0 Å². The van der Waals surface area contributed by atoms with Gasteiger partial charge in [-0.05, 0) is 25.8 Å². The largest absolute Gasteiger partial charge is 0.368 e. The highest BCUT2D eigenvalue weighted by Gasteiger charge is 2.32. The maximum Gasteiger partial charge on any atom is 0.243 e. The van der Waals surface area contributed by atoms with Crippen molar-refractivity contribution in [2.75, 3.05) is 6.54 Å². The van der Waals surface area contributed by atoms with E-state index in [1.807, 2.05) is 24.3 Å². The number of likely N-dealkylation sites (tertiary alicyclic amines) is 1. The van der Waals surface area contributed by atoms with Gasteiger partial charge in [-0.3, -0.25) is 14.4 Å². The molecule has 23 heavy (non-hydrogen) atoms. The van der Waals surface area contributed by atoms with Gasteiger partial charge in [0.1, 0.15) is 12.6 Å². The van der Waals surface area contributed by atoms with Gasteiger partial charge in [0.2, 0.25) is 11.8 Å². The van der Waals surface area contributed by atoms with Gasteiger partial charge in [-0.15, -0.1) is 0 Å². The SMILES string of the molecule is CC(=O)c1cn(CC(=O)N2CCC[C@H]2C(N)=O)c2ccccc12. The molecular weight excluding hydrogens is 294 g/mol. The third-order valence-corrected chi connectivity index (χ3v) is 4.38. The predicted molar refractivity (Wildman–Crippen MR) is 85.9 cm³/mol. The van der Waals surface area contributed by atoms with Crippen LogP contribution in [-0.2, 0) is 16.1 Å². The molecule has 0 bridgehead atoms. The second kappa shape index (κ2) is 5.87. The number of carbonyl (C=O) groups is 3. The van der Waals surface area contributed by atoms with E-state index in [9.17, 15) is 14.4 Å². The van der Waals surface area contributed by atoms with Crippen molar-refractivity contribution in [3.05, 3.63) is 36.0 Å². The molecule has 1 fully saturated rings. The molecule has 1 saturated heterocycles. The van der Waals surface area contributed by atoms with E-state index in [0.717, 1.165) is 17.3 Å². The van der Waals surface area contributed by atoms with Crippen molar-refractivity contribution >= 4 is 28.5 Å². The van der Waals surface area contributed by atoms with Crippen LogP contribution in [0.15, 0.2) is 30.5 Å². The Kier molecular flexibility index (Phi) is 3.90. The summed E-state index contributed by atoms with van der Waals surface area (Å²) >= 11 is 0. The number of nitrogens with zero attached hydrogens (tertiary/aromatic N) is 2. The number of carbonyl (C=O) groups excluding carboxylic acids is 3. The Morgan fingerprint density at radius 1 is 1.26 bits per heavy atom. The van der Waals surface area contributed by atoms with Gasteiger partial charge >= 0.3 is 0 Å². The first-order chi connectivity index (χ1) is 11.0. The van der Waals surface area contributed by atoms with Gasteiger partial charge in [-0.2, -0.15) is 0 Å². The summed E-state index contributed by atoms with van der Waals surface area (Å²) in [7, 11) is 0. The minimum absolute atomic E-state index is 0.0383. The Morgan fingerprint density at radius 2 is 2.00 bits per heavy atom. The second-order valence-corrected chi connectivity index (χ2v) is 5.89. The standard InChI is InChI=1S/C17H19N3O3/c1-11(21)13-9-19(14-6-3-2-5-12(13)14)10-16(22)20-8-4-7-15(20)17(18)23/h2-3,5-6,9,15H,4,7-8,10H2,1H3,(H2,18,23)/t15-/m0/s1. The molecule has 0 unspecified atom stereocenters. The van der Waals surface area contributed by atoms with Gasteiger partial charge in [0.05, 0.1) is 0 Å². The molecule has 0 saturated carbocycles. The highest BCUT2D eigenvalue weighted by atomic mass is 16.2. The molecular formula is C17H19N3O3. The third-order valence-electron chi connectivity index (χ3n) is 4.38. The van der Waals surface area contributed by atoms with E-state index < -0.39 is 11.9 Å². The summed E-state index contributed by atoms with van der Waals surface area (Å²) in [6, 6.07) is 6.97. The van der Waals surface area contributed by atoms with Gasteiger partial charge in [0, 0.05) is 29.2 Å². The summed E-state index contributed by atoms with van der Waals surface area (Å²) in [5.41, 5.74) is 6.80. The maximum atomic E-state index is 12.6. The molecule has 1 aromatic carbocycles. The van der Waals surface area contributed by atoms with Gasteiger partial charge in [0.15, 0.2) is 5.78 Å². The first-order valence-corrected chi connectivity index (χ1v) is 7.66. The fourth-order valence-electron chi connectivity index (χ4n) is 3.26. The summed E-state index contributed by atoms with van der Waals surface area (Å²) in [4.78, 5) is 37.3. The topological polar surface area (TPSA) is 85.4 Å². The average Bonchev–Trinajstić information content (AvgIpc) is 3.12. The number of fused-ring (bicyclic) bond motifs is 1. The number of nitrogens with two attached hydrogens (primary N) is 1. The molecule has 2 N–H and O–H groups in total. The van der Waals surface area contributed by atoms with Crippen LogP contribution in [0.4, 0.5) is 0 Å². The normalized spacial score (nSPS) is 17.6. The molecule has 1 atom stereocenters. The Hall–Kier alpha value is -2.63. The lowest BCUT2D eigenvalue weighted by molar-refractivity contribution is -0.137. The van der Waals surface area contributed by atoms with Gasteiger partial charge in [-0.25, -0.2) is 0 Å². The summed E-state index contributed by atoms with van der Waals surface area (Å²) in [6.07, 6.45) is 3.11. The molecule has 0 aliphatic carbocycles. The Bertz CT molecular complexity index is 793. The van der Waals surface area contributed by atoms with Crippen LogP contribution in [0, 0.1) is 0 Å². The van der Waals surface area contributed by atoms with Crippen molar-refractivity contribution in [1.29, 1.82) is 0 Å². The molecule has 6 nitrogen and oxygen atoms in total. The first kappa shape index (κ1) is 15.3. The van der Waals surface area contributed by atoms with Crippen molar-refractivity contribution in [2.45, 2.75) is 32.4 Å². The number of hydrogen-bond acceptors (Lipinski definition) is 3. The fourth-order valence-corrected chi connectivity index (χ4v) is 3.26. The summed E-state index contributed by atoms with van der Waals surface area (Å²) in [5, 5.41) is 0.834. The Balaban J connectivity index is 1.91. The number of amides is 2. The van der Waals surface area contributed by atoms with Crippen LogP contribution in [0.25, 0.3) is 10.9 Å². The monoisotopic (exact) mass is 313 g/mol. The number of para-hydroxylation sites is 1. The van der Waals surface area contributed by atoms with Crippen LogP contribution >= 0.6 is 0 Å². The van der Waals surface area contributed by atoms with Crippen LogP contribution in [-0.4, -0.2) is 39.7 Å². The molecule has 6 heteroatoms. The zero-order valence-electron chi connectivity index (χ0n) is 13.0. The highest BCUT2D eigenvalue weighted by Crippen LogP contribution is 2.23. The molecule has 2 amide bonds. The van der Waals surface area contributed by atoms with Crippen molar-refractivity contribution in [1.82, 2.24) is 9.47 Å². The van der Waals surface area contributed by atoms with Crippen LogP contribution in [0.3, 0.4) is 0 Å². The van der Waals surface area contributed by atoms with E-state index in [1.165, 1.54) is 6.92 Å². The second-order valence-electron chi connectivity index (χ2n) is 5.89. The van der Waals surface area contributed by atoms with Crippen LogP contribution < -0.4 is 5.73 Å². The molecule has 0 spiro atoms. The lowest BCUT2D eigenvalue weighted by atomic mass is 10.1. The Labute approximate surface area is 133 Å². The third kappa shape index (κ3) is 2.72. The molecule has 120 valence electrons. The summed E-state index contributed by atoms with van der Waals surface area (Å²) < 4.78 is 1.77. The van der Waals surface area contributed by atoms with Gasteiger partial charge < -0.3 is 15.2 Å². The zero-order valence-corrected chi connectivity index (χ0v) is 13.0. The number of rotatable bonds is 4. The lowest BCUT2D eigenvalue weighted by Crippen LogP contribution is -2.44. The average molecular weight is 313 g/mol. The molecule has 3 rings (SSSR count). The number of primary amides is 1. The first-order valence-electron chi connectivity index (χ1n) is 7.66. The minimum Gasteiger partial charge on any atom is -0.368 e. The number of Topliss-reactive ketones (excluding diaryl/α,β-unsaturated/α-hetero) is 1. The van der Waals surface area contributed by atoms with E-state index in [2.05, 4.69) is 0 Å². The van der Waals surface area contributed by atoms with Crippen molar-refractivity contribution in [3.63, 3.8) is 0 Å². The zero-order chi connectivity index (χ0) is 16.6. The van der Waals surface area contributed by atoms with Crippen molar-refractivity contribution in [3.8, 4) is 0 Å². The van der Waals surface area contributed by atoms with Crippen molar-refractivity contribution in [2.24, 2.45) is 5.73 Å². The van der Waals surface area contributed by atoms with E-state index in [1.54, 1.807) is 15.7 Å². The predicted octanol–water partition coefficient (Wildman–Crippen LogP) is 1.32. The van der Waals surface area contributed by atoms with E-state index in [0.29, 0.717) is 18.5 Å². The summed E-state index contributed by atoms with van der Waals surface area (Å²) in [6.45, 7) is 2.15. The number of hydrogen-bond donors (Lipinski definition) is 1.